The van der Waals surface area contributed by atoms with Gasteiger partial charge in [-0.25, -0.2) is 4.98 Å². The highest BCUT2D eigenvalue weighted by molar-refractivity contribution is 7.22. The van der Waals surface area contributed by atoms with E-state index in [0.717, 1.165) is 60.8 Å². The summed E-state index contributed by atoms with van der Waals surface area (Å²) in [6.07, 6.45) is 2.63. The molecule has 1 amide bonds. The van der Waals surface area contributed by atoms with Crippen molar-refractivity contribution >= 4 is 45.0 Å². The van der Waals surface area contributed by atoms with Gasteiger partial charge in [0.05, 0.1) is 25.0 Å². The molecule has 0 saturated carbocycles. The van der Waals surface area contributed by atoms with Gasteiger partial charge in [0, 0.05) is 39.4 Å². The molecule has 0 N–H and O–H groups in total. The molecule has 0 aliphatic carbocycles. The average Bonchev–Trinajstić information content (AvgIpc) is 3.39. The SMILES string of the molecule is COc1ccc(C)c2sc(N(CCCN3CCOCC3)C(=O)c3ccn(C)n3)nc12.Cl. The number of ether oxygens (including phenoxy) is 2. The van der Waals surface area contributed by atoms with Gasteiger partial charge in [0.1, 0.15) is 11.3 Å². The third kappa shape index (κ3) is 5.17. The van der Waals surface area contributed by atoms with E-state index in [9.17, 15) is 4.79 Å². The van der Waals surface area contributed by atoms with Crippen LogP contribution < -0.4 is 9.64 Å². The van der Waals surface area contributed by atoms with Crippen LogP contribution in [-0.4, -0.2) is 72.1 Å². The van der Waals surface area contributed by atoms with Crippen molar-refractivity contribution in [2.24, 2.45) is 7.05 Å². The highest BCUT2D eigenvalue weighted by atomic mass is 35.5. The quantitative estimate of drug-likeness (QED) is 0.533. The summed E-state index contributed by atoms with van der Waals surface area (Å²) in [6.45, 7) is 6.96. The van der Waals surface area contributed by atoms with Crippen LogP contribution in [0.1, 0.15) is 22.5 Å². The molecule has 2 aromatic heterocycles. The van der Waals surface area contributed by atoms with E-state index < -0.39 is 0 Å². The fourth-order valence-electron chi connectivity index (χ4n) is 3.61. The fraction of sp³-hybridized carbons (Fsp3) is 0.476. The summed E-state index contributed by atoms with van der Waals surface area (Å²) in [5, 5.41) is 4.99. The molecule has 1 aliphatic rings. The number of carbonyl (C=O) groups excluding carboxylic acids is 1. The van der Waals surface area contributed by atoms with Crippen molar-refractivity contribution in [2.75, 3.05) is 51.4 Å². The Labute approximate surface area is 192 Å². The zero-order chi connectivity index (χ0) is 21.1. The molecule has 0 atom stereocenters. The second kappa shape index (κ2) is 10.4. The Morgan fingerprint density at radius 2 is 2.06 bits per heavy atom. The average molecular weight is 466 g/mol. The number of hydrogen-bond acceptors (Lipinski definition) is 7. The summed E-state index contributed by atoms with van der Waals surface area (Å²) in [5.74, 6) is 0.588. The van der Waals surface area contributed by atoms with Gasteiger partial charge >= 0.3 is 0 Å². The maximum atomic E-state index is 13.3. The molecule has 10 heteroatoms. The molecule has 8 nitrogen and oxygen atoms in total. The molecule has 0 bridgehead atoms. The van der Waals surface area contributed by atoms with Crippen molar-refractivity contribution in [2.45, 2.75) is 13.3 Å². The molecular formula is C21H28ClN5O3S. The van der Waals surface area contributed by atoms with Crippen molar-refractivity contribution < 1.29 is 14.3 Å². The maximum absolute atomic E-state index is 13.3. The minimum atomic E-state index is -0.131. The number of benzene rings is 1. The first-order valence-electron chi connectivity index (χ1n) is 10.1. The van der Waals surface area contributed by atoms with Crippen molar-refractivity contribution in [3.63, 3.8) is 0 Å². The molecular weight excluding hydrogens is 438 g/mol. The Balaban J connectivity index is 0.00000272. The van der Waals surface area contributed by atoms with Gasteiger partial charge in [-0.1, -0.05) is 17.4 Å². The van der Waals surface area contributed by atoms with Crippen LogP contribution in [0.2, 0.25) is 0 Å². The van der Waals surface area contributed by atoms with E-state index in [4.69, 9.17) is 14.5 Å². The molecule has 0 spiro atoms. The maximum Gasteiger partial charge on any atom is 0.280 e. The first-order valence-corrected chi connectivity index (χ1v) is 10.9. The first kappa shape index (κ1) is 23.5. The van der Waals surface area contributed by atoms with E-state index in [-0.39, 0.29) is 18.3 Å². The van der Waals surface area contributed by atoms with Gasteiger partial charge in [-0.3, -0.25) is 19.3 Å². The normalized spacial score (nSPS) is 14.4. The van der Waals surface area contributed by atoms with Crippen LogP contribution in [0.4, 0.5) is 5.13 Å². The van der Waals surface area contributed by atoms with Crippen LogP contribution in [0.3, 0.4) is 0 Å². The molecule has 31 heavy (non-hydrogen) atoms. The molecule has 1 fully saturated rings. The number of nitrogens with zero attached hydrogens (tertiary/aromatic N) is 5. The fourth-order valence-corrected chi connectivity index (χ4v) is 4.68. The van der Waals surface area contributed by atoms with Crippen LogP contribution in [0.5, 0.6) is 5.75 Å². The number of hydrogen-bond donors (Lipinski definition) is 0. The summed E-state index contributed by atoms with van der Waals surface area (Å²) in [4.78, 5) is 22.2. The Morgan fingerprint density at radius 1 is 1.29 bits per heavy atom. The third-order valence-corrected chi connectivity index (χ3v) is 6.49. The minimum Gasteiger partial charge on any atom is -0.494 e. The van der Waals surface area contributed by atoms with Crippen molar-refractivity contribution in [3.8, 4) is 5.75 Å². The number of halogens is 1. The summed E-state index contributed by atoms with van der Waals surface area (Å²) in [6, 6.07) is 5.69. The number of methoxy groups -OCH3 is 1. The zero-order valence-corrected chi connectivity index (χ0v) is 19.7. The number of thiazole rings is 1. The molecule has 0 radical (unpaired) electrons. The smallest absolute Gasteiger partial charge is 0.280 e. The molecule has 3 aromatic rings. The highest BCUT2D eigenvalue weighted by Crippen LogP contribution is 2.36. The van der Waals surface area contributed by atoms with E-state index in [1.165, 1.54) is 11.3 Å². The molecule has 0 unspecified atom stereocenters. The van der Waals surface area contributed by atoms with Crippen molar-refractivity contribution in [3.05, 3.63) is 35.7 Å². The third-order valence-electron chi connectivity index (χ3n) is 5.28. The Kier molecular flexibility index (Phi) is 7.88. The molecule has 1 aromatic carbocycles. The Morgan fingerprint density at radius 3 is 2.74 bits per heavy atom. The van der Waals surface area contributed by atoms with Gasteiger partial charge in [-0.15, -0.1) is 12.4 Å². The number of aromatic nitrogens is 3. The van der Waals surface area contributed by atoms with Crippen molar-refractivity contribution in [1.82, 2.24) is 19.7 Å². The number of morpholine rings is 1. The molecule has 1 saturated heterocycles. The van der Waals surface area contributed by atoms with E-state index >= 15 is 0 Å². The monoisotopic (exact) mass is 465 g/mol. The predicted molar refractivity (Wildman–Crippen MR) is 125 cm³/mol. The standard InChI is InChI=1S/C21H27N5O3S.ClH/c1-15-5-6-17(28-3)18-19(15)30-21(22-18)26(20(27)16-7-10-24(2)23-16)9-4-8-25-11-13-29-14-12-25;/h5-7,10H,4,8-9,11-14H2,1-3H3;1H. The largest absolute Gasteiger partial charge is 0.494 e. The first-order chi connectivity index (χ1) is 14.6. The molecule has 1 aliphatic heterocycles. The second-order valence-electron chi connectivity index (χ2n) is 7.40. The van der Waals surface area contributed by atoms with E-state index in [1.807, 2.05) is 26.1 Å². The summed E-state index contributed by atoms with van der Waals surface area (Å²) in [7, 11) is 3.45. The van der Waals surface area contributed by atoms with Crippen LogP contribution in [-0.2, 0) is 11.8 Å². The van der Waals surface area contributed by atoms with Gasteiger partial charge in [0.15, 0.2) is 10.8 Å². The van der Waals surface area contributed by atoms with E-state index in [1.54, 1.807) is 29.0 Å². The lowest BCUT2D eigenvalue weighted by Crippen LogP contribution is -2.39. The number of amides is 1. The van der Waals surface area contributed by atoms with Gasteiger partial charge in [-0.2, -0.15) is 5.10 Å². The number of aryl methyl sites for hydroxylation is 2. The van der Waals surface area contributed by atoms with E-state index in [0.29, 0.717) is 17.4 Å². The molecule has 168 valence electrons. The van der Waals surface area contributed by atoms with Gasteiger partial charge in [0.25, 0.3) is 5.91 Å². The summed E-state index contributed by atoms with van der Waals surface area (Å²) < 4.78 is 13.6. The number of carbonyl (C=O) groups is 1. The zero-order valence-electron chi connectivity index (χ0n) is 18.0. The van der Waals surface area contributed by atoms with Gasteiger partial charge < -0.3 is 9.47 Å². The lowest BCUT2D eigenvalue weighted by Gasteiger charge is -2.27. The van der Waals surface area contributed by atoms with Crippen LogP contribution >= 0.6 is 23.7 Å². The number of anilines is 1. The van der Waals surface area contributed by atoms with Crippen LogP contribution in [0, 0.1) is 6.92 Å². The van der Waals surface area contributed by atoms with Gasteiger partial charge in [0.2, 0.25) is 0 Å². The molecule has 4 rings (SSSR count). The lowest BCUT2D eigenvalue weighted by atomic mass is 10.2. The van der Waals surface area contributed by atoms with Crippen LogP contribution in [0.25, 0.3) is 10.2 Å². The minimum absolute atomic E-state index is 0. The number of fused-ring (bicyclic) bond motifs is 1. The topological polar surface area (TPSA) is 72.7 Å². The van der Waals surface area contributed by atoms with Crippen molar-refractivity contribution in [1.29, 1.82) is 0 Å². The Bertz CT molecular complexity index is 1030. The lowest BCUT2D eigenvalue weighted by molar-refractivity contribution is 0.0376. The predicted octanol–water partition coefficient (Wildman–Crippen LogP) is 3.14. The second-order valence-corrected chi connectivity index (χ2v) is 8.38. The summed E-state index contributed by atoms with van der Waals surface area (Å²) >= 11 is 1.52. The van der Waals surface area contributed by atoms with Gasteiger partial charge in [-0.05, 0) is 31.0 Å². The summed E-state index contributed by atoms with van der Waals surface area (Å²) in [5.41, 5.74) is 2.34. The number of rotatable bonds is 7. The molecule has 3 heterocycles. The van der Waals surface area contributed by atoms with Crippen LogP contribution in [0.15, 0.2) is 24.4 Å². The Hall–Kier alpha value is -2.20. The van der Waals surface area contributed by atoms with E-state index in [2.05, 4.69) is 10.00 Å². The highest BCUT2D eigenvalue weighted by Gasteiger charge is 2.24.